The molecule has 5 rings (SSSR count). The van der Waals surface area contributed by atoms with Crippen molar-refractivity contribution in [3.8, 4) is 10.7 Å². The summed E-state index contributed by atoms with van der Waals surface area (Å²) in [5.41, 5.74) is 0.827. The Bertz CT molecular complexity index is 1220. The van der Waals surface area contributed by atoms with Crippen LogP contribution in [-0.2, 0) is 16.8 Å². The van der Waals surface area contributed by atoms with E-state index in [0.717, 1.165) is 24.1 Å². The molecule has 1 amide bonds. The van der Waals surface area contributed by atoms with Gasteiger partial charge in [0.25, 0.3) is 0 Å². The van der Waals surface area contributed by atoms with Crippen molar-refractivity contribution in [3.63, 3.8) is 0 Å². The lowest BCUT2D eigenvalue weighted by molar-refractivity contribution is -0.107. The molecule has 0 radical (unpaired) electrons. The van der Waals surface area contributed by atoms with Crippen LogP contribution >= 0.6 is 11.3 Å². The maximum absolute atomic E-state index is 14.3. The number of pyridine rings is 1. The SMILES string of the molecule is O=CN(Cc1cnc(-c2ccc(NCC3(c4ncccc4F)CCC3)nn2)s1)c1cn[nH]n1. The molecule has 4 aromatic rings. The van der Waals surface area contributed by atoms with E-state index in [1.54, 1.807) is 18.5 Å². The number of amides is 1. The molecule has 2 N–H and O–H groups in total. The van der Waals surface area contributed by atoms with Crippen LogP contribution in [0.4, 0.5) is 16.0 Å². The summed E-state index contributed by atoms with van der Waals surface area (Å²) >= 11 is 1.42. The van der Waals surface area contributed by atoms with Crippen molar-refractivity contribution in [2.45, 2.75) is 31.2 Å². The molecule has 0 aliphatic heterocycles. The number of nitrogens with one attached hydrogen (secondary N) is 2. The van der Waals surface area contributed by atoms with E-state index in [0.29, 0.717) is 47.5 Å². The monoisotopic (exact) mass is 465 g/mol. The van der Waals surface area contributed by atoms with Crippen LogP contribution in [0.2, 0.25) is 0 Å². The van der Waals surface area contributed by atoms with Crippen LogP contribution in [0.5, 0.6) is 0 Å². The van der Waals surface area contributed by atoms with E-state index in [4.69, 9.17) is 0 Å². The average molecular weight is 466 g/mol. The van der Waals surface area contributed by atoms with Crippen molar-refractivity contribution in [2.75, 3.05) is 16.8 Å². The third kappa shape index (κ3) is 4.29. The minimum absolute atomic E-state index is 0.267. The van der Waals surface area contributed by atoms with Gasteiger partial charge in [0, 0.05) is 29.2 Å². The highest BCUT2D eigenvalue weighted by Crippen LogP contribution is 2.43. The fraction of sp³-hybridized carbons (Fsp3) is 0.286. The lowest BCUT2D eigenvalue weighted by atomic mass is 9.66. The lowest BCUT2D eigenvalue weighted by Crippen LogP contribution is -2.42. The number of hydrogen-bond acceptors (Lipinski definition) is 9. The number of hydrogen-bond donors (Lipinski definition) is 2. The second-order valence-corrected chi connectivity index (χ2v) is 8.93. The Morgan fingerprint density at radius 1 is 1.21 bits per heavy atom. The number of aromatic nitrogens is 7. The predicted octanol–water partition coefficient (Wildman–Crippen LogP) is 2.95. The molecule has 0 atom stereocenters. The summed E-state index contributed by atoms with van der Waals surface area (Å²) in [4.78, 5) is 22.4. The number of halogens is 1. The number of H-pyrrole nitrogens is 1. The van der Waals surface area contributed by atoms with Crippen molar-refractivity contribution < 1.29 is 9.18 Å². The van der Waals surface area contributed by atoms with E-state index < -0.39 is 0 Å². The van der Waals surface area contributed by atoms with Crippen LogP contribution in [0.25, 0.3) is 10.7 Å². The van der Waals surface area contributed by atoms with E-state index in [1.165, 1.54) is 28.5 Å². The Labute approximate surface area is 192 Å². The molecule has 33 heavy (non-hydrogen) atoms. The second-order valence-electron chi connectivity index (χ2n) is 7.82. The molecule has 1 fully saturated rings. The summed E-state index contributed by atoms with van der Waals surface area (Å²) in [7, 11) is 0. The zero-order valence-electron chi connectivity index (χ0n) is 17.5. The first-order valence-electron chi connectivity index (χ1n) is 10.4. The fourth-order valence-electron chi connectivity index (χ4n) is 3.85. The minimum atomic E-state index is -0.315. The summed E-state index contributed by atoms with van der Waals surface area (Å²) in [6, 6.07) is 6.73. The second kappa shape index (κ2) is 8.98. The summed E-state index contributed by atoms with van der Waals surface area (Å²) in [6.07, 6.45) is 8.32. The number of thiazole rings is 1. The van der Waals surface area contributed by atoms with Gasteiger partial charge in [0.05, 0.1) is 18.4 Å². The maximum atomic E-state index is 14.3. The van der Waals surface area contributed by atoms with Gasteiger partial charge >= 0.3 is 0 Å². The number of rotatable bonds is 9. The average Bonchev–Trinajstić information content (AvgIpc) is 3.51. The molecule has 0 saturated heterocycles. The highest BCUT2D eigenvalue weighted by atomic mass is 32.1. The van der Waals surface area contributed by atoms with Crippen LogP contribution < -0.4 is 10.2 Å². The van der Waals surface area contributed by atoms with Gasteiger partial charge in [0.2, 0.25) is 6.41 Å². The molecule has 168 valence electrons. The van der Waals surface area contributed by atoms with Gasteiger partial charge in [-0.2, -0.15) is 10.3 Å². The Morgan fingerprint density at radius 3 is 2.79 bits per heavy atom. The molecule has 0 unspecified atom stereocenters. The Hall–Kier alpha value is -3.80. The predicted molar refractivity (Wildman–Crippen MR) is 120 cm³/mol. The largest absolute Gasteiger partial charge is 0.368 e. The third-order valence-corrected chi connectivity index (χ3v) is 6.77. The highest BCUT2D eigenvalue weighted by Gasteiger charge is 2.41. The molecule has 12 heteroatoms. The number of nitrogens with zero attached hydrogens (tertiary/aromatic N) is 7. The van der Waals surface area contributed by atoms with Crippen molar-refractivity contribution in [3.05, 3.63) is 59.2 Å². The van der Waals surface area contributed by atoms with Gasteiger partial charge in [-0.25, -0.2) is 9.37 Å². The molecule has 1 aliphatic rings. The third-order valence-electron chi connectivity index (χ3n) is 5.77. The Morgan fingerprint density at radius 2 is 2.12 bits per heavy atom. The highest BCUT2D eigenvalue weighted by molar-refractivity contribution is 7.15. The molecule has 10 nitrogen and oxygen atoms in total. The molecule has 4 heterocycles. The van der Waals surface area contributed by atoms with Crippen molar-refractivity contribution >= 4 is 29.4 Å². The van der Waals surface area contributed by atoms with Gasteiger partial charge < -0.3 is 5.32 Å². The van der Waals surface area contributed by atoms with Crippen LogP contribution in [0.3, 0.4) is 0 Å². The van der Waals surface area contributed by atoms with Gasteiger partial charge in [-0.05, 0) is 37.1 Å². The van der Waals surface area contributed by atoms with E-state index in [2.05, 4.69) is 40.9 Å². The van der Waals surface area contributed by atoms with Gasteiger partial charge in [-0.3, -0.25) is 14.7 Å². The zero-order valence-corrected chi connectivity index (χ0v) is 18.3. The normalized spacial score (nSPS) is 14.5. The van der Waals surface area contributed by atoms with Gasteiger partial charge in [-0.15, -0.1) is 26.6 Å². The molecule has 0 aromatic carbocycles. The van der Waals surface area contributed by atoms with Gasteiger partial charge in [-0.1, -0.05) is 6.42 Å². The molecule has 1 aliphatic carbocycles. The van der Waals surface area contributed by atoms with Crippen LogP contribution in [0, 0.1) is 5.82 Å². The number of aromatic amines is 1. The number of carbonyl (C=O) groups is 1. The van der Waals surface area contributed by atoms with Gasteiger partial charge in [0.15, 0.2) is 5.82 Å². The molecule has 0 spiro atoms. The summed E-state index contributed by atoms with van der Waals surface area (Å²) in [5, 5.41) is 22.6. The van der Waals surface area contributed by atoms with Crippen LogP contribution in [0.15, 0.2) is 42.9 Å². The van der Waals surface area contributed by atoms with E-state index in [-0.39, 0.29) is 11.2 Å². The smallest absolute Gasteiger partial charge is 0.215 e. The van der Waals surface area contributed by atoms with Crippen LogP contribution in [0.1, 0.15) is 29.8 Å². The van der Waals surface area contributed by atoms with Crippen molar-refractivity contribution in [2.24, 2.45) is 0 Å². The minimum Gasteiger partial charge on any atom is -0.368 e. The quantitative estimate of drug-likeness (QED) is 0.362. The first-order chi connectivity index (χ1) is 16.2. The summed E-state index contributed by atoms with van der Waals surface area (Å²) < 4.78 is 14.3. The van der Waals surface area contributed by atoms with E-state index in [9.17, 15) is 9.18 Å². The van der Waals surface area contributed by atoms with Crippen molar-refractivity contribution in [1.82, 2.24) is 35.6 Å². The first kappa shape index (κ1) is 21.1. The van der Waals surface area contributed by atoms with E-state index >= 15 is 0 Å². The maximum Gasteiger partial charge on any atom is 0.215 e. The topological polar surface area (TPSA) is 125 Å². The summed E-state index contributed by atoms with van der Waals surface area (Å²) in [6.45, 7) is 0.868. The number of anilines is 2. The fourth-order valence-corrected chi connectivity index (χ4v) is 4.73. The molecular formula is C21H20FN9OS. The zero-order chi connectivity index (χ0) is 22.7. The van der Waals surface area contributed by atoms with Gasteiger partial charge in [0.1, 0.15) is 22.3 Å². The van der Waals surface area contributed by atoms with Crippen molar-refractivity contribution in [1.29, 1.82) is 0 Å². The molecule has 4 aromatic heterocycles. The molecular weight excluding hydrogens is 445 g/mol. The molecule has 1 saturated carbocycles. The standard InChI is InChI=1S/C21H20FN9OS/c22-15-3-1-8-23-19(15)21(6-2-7-21)12-25-17-5-4-16(27-28-17)20-24-9-14(33-20)11-31(13-32)18-10-26-30-29-18/h1,3-5,8-10,13H,2,6-7,11-12H2,(H,25,28)(H,26,29,30). The first-order valence-corrected chi connectivity index (χ1v) is 11.2. The Kier molecular flexibility index (Phi) is 5.73. The van der Waals surface area contributed by atoms with Crippen LogP contribution in [-0.4, -0.2) is 48.5 Å². The lowest BCUT2D eigenvalue weighted by Gasteiger charge is -2.41. The number of carbonyl (C=O) groups excluding carboxylic acids is 1. The van der Waals surface area contributed by atoms with E-state index in [1.807, 2.05) is 12.1 Å². The molecule has 0 bridgehead atoms. The Balaban J connectivity index is 1.24. The summed E-state index contributed by atoms with van der Waals surface area (Å²) in [5.74, 6) is 0.776.